The molecule has 0 saturated heterocycles. The van der Waals surface area contributed by atoms with Crippen molar-refractivity contribution in [3.8, 4) is 0 Å². The van der Waals surface area contributed by atoms with Gasteiger partial charge in [0.05, 0.1) is 0 Å². The van der Waals surface area contributed by atoms with Gasteiger partial charge in [0.25, 0.3) is 0 Å². The van der Waals surface area contributed by atoms with Crippen molar-refractivity contribution in [2.24, 2.45) is 0 Å². The van der Waals surface area contributed by atoms with Crippen LogP contribution in [0.5, 0.6) is 0 Å². The molecule has 20 heavy (non-hydrogen) atoms. The van der Waals surface area contributed by atoms with E-state index in [1.807, 2.05) is 0 Å². The molecular formula is C18H23NS. The second-order valence-corrected chi connectivity index (χ2v) is 6.97. The van der Waals surface area contributed by atoms with Crippen LogP contribution in [0, 0.1) is 0 Å². The SMILES string of the molecule is CCCNC1CCCC1Sc1ccc2ccccc2c1. The van der Waals surface area contributed by atoms with Crippen LogP contribution in [-0.4, -0.2) is 17.8 Å². The third kappa shape index (κ3) is 3.18. The quantitative estimate of drug-likeness (QED) is 0.842. The van der Waals surface area contributed by atoms with E-state index in [1.54, 1.807) is 0 Å². The summed E-state index contributed by atoms with van der Waals surface area (Å²) in [6.45, 7) is 3.40. The van der Waals surface area contributed by atoms with E-state index in [2.05, 4.69) is 66.5 Å². The van der Waals surface area contributed by atoms with E-state index in [0.717, 1.165) is 11.8 Å². The molecule has 1 nitrogen and oxygen atoms in total. The zero-order valence-electron chi connectivity index (χ0n) is 12.1. The highest BCUT2D eigenvalue weighted by molar-refractivity contribution is 8.00. The van der Waals surface area contributed by atoms with Crippen LogP contribution in [-0.2, 0) is 0 Å². The summed E-state index contributed by atoms with van der Waals surface area (Å²) < 4.78 is 0. The number of thioether (sulfide) groups is 1. The van der Waals surface area contributed by atoms with E-state index in [4.69, 9.17) is 0 Å². The Morgan fingerprint density at radius 3 is 2.80 bits per heavy atom. The van der Waals surface area contributed by atoms with Gasteiger partial charge < -0.3 is 5.32 Å². The van der Waals surface area contributed by atoms with E-state index in [9.17, 15) is 0 Å². The van der Waals surface area contributed by atoms with Gasteiger partial charge in [0.2, 0.25) is 0 Å². The fourth-order valence-electron chi connectivity index (χ4n) is 3.05. The summed E-state index contributed by atoms with van der Waals surface area (Å²) in [5.41, 5.74) is 0. The van der Waals surface area contributed by atoms with Crippen molar-refractivity contribution in [3.63, 3.8) is 0 Å². The molecule has 0 heterocycles. The molecule has 0 bridgehead atoms. The Hall–Kier alpha value is -0.990. The Morgan fingerprint density at radius 2 is 1.95 bits per heavy atom. The van der Waals surface area contributed by atoms with E-state index in [1.165, 1.54) is 41.4 Å². The molecule has 2 aromatic carbocycles. The summed E-state index contributed by atoms with van der Waals surface area (Å²) in [6.07, 6.45) is 5.28. The molecule has 1 saturated carbocycles. The van der Waals surface area contributed by atoms with E-state index in [-0.39, 0.29) is 0 Å². The van der Waals surface area contributed by atoms with Gasteiger partial charge in [0, 0.05) is 16.2 Å². The summed E-state index contributed by atoms with van der Waals surface area (Å²) in [5, 5.41) is 7.15. The lowest BCUT2D eigenvalue weighted by atomic mass is 10.1. The molecule has 0 aliphatic heterocycles. The van der Waals surface area contributed by atoms with Crippen molar-refractivity contribution >= 4 is 22.5 Å². The molecule has 1 N–H and O–H groups in total. The van der Waals surface area contributed by atoms with Crippen LogP contribution in [0.1, 0.15) is 32.6 Å². The predicted octanol–water partition coefficient (Wildman–Crippen LogP) is 4.85. The smallest absolute Gasteiger partial charge is 0.0248 e. The van der Waals surface area contributed by atoms with Crippen molar-refractivity contribution in [2.75, 3.05) is 6.54 Å². The second-order valence-electron chi connectivity index (χ2n) is 5.66. The van der Waals surface area contributed by atoms with Gasteiger partial charge in [-0.2, -0.15) is 0 Å². The highest BCUT2D eigenvalue weighted by atomic mass is 32.2. The van der Waals surface area contributed by atoms with E-state index in [0.29, 0.717) is 6.04 Å². The zero-order valence-corrected chi connectivity index (χ0v) is 13.0. The second kappa shape index (κ2) is 6.64. The maximum Gasteiger partial charge on any atom is 0.0248 e. The fraction of sp³-hybridized carbons (Fsp3) is 0.444. The van der Waals surface area contributed by atoms with Gasteiger partial charge in [-0.25, -0.2) is 0 Å². The highest BCUT2D eigenvalue weighted by Gasteiger charge is 2.27. The Morgan fingerprint density at radius 1 is 1.10 bits per heavy atom. The van der Waals surface area contributed by atoms with E-state index >= 15 is 0 Å². The van der Waals surface area contributed by atoms with Gasteiger partial charge in [-0.15, -0.1) is 11.8 Å². The zero-order chi connectivity index (χ0) is 13.8. The molecule has 2 atom stereocenters. The molecule has 0 spiro atoms. The number of nitrogens with one attached hydrogen (secondary N) is 1. The molecule has 0 amide bonds. The number of hydrogen-bond acceptors (Lipinski definition) is 2. The van der Waals surface area contributed by atoms with Gasteiger partial charge in [0.15, 0.2) is 0 Å². The van der Waals surface area contributed by atoms with Gasteiger partial charge in [-0.05, 0) is 48.7 Å². The van der Waals surface area contributed by atoms with Gasteiger partial charge >= 0.3 is 0 Å². The topological polar surface area (TPSA) is 12.0 Å². The lowest BCUT2D eigenvalue weighted by Crippen LogP contribution is -2.34. The molecule has 3 rings (SSSR count). The van der Waals surface area contributed by atoms with Crippen molar-refractivity contribution < 1.29 is 0 Å². The minimum Gasteiger partial charge on any atom is -0.313 e. The first kappa shape index (κ1) is 14.0. The Balaban J connectivity index is 1.71. The summed E-state index contributed by atoms with van der Waals surface area (Å²) in [4.78, 5) is 1.42. The van der Waals surface area contributed by atoms with Crippen molar-refractivity contribution in [1.82, 2.24) is 5.32 Å². The minimum atomic E-state index is 0.700. The van der Waals surface area contributed by atoms with Crippen LogP contribution < -0.4 is 5.32 Å². The van der Waals surface area contributed by atoms with Crippen LogP contribution in [0.15, 0.2) is 47.4 Å². The van der Waals surface area contributed by atoms with Crippen LogP contribution in [0.3, 0.4) is 0 Å². The summed E-state index contributed by atoms with van der Waals surface area (Å²) in [6, 6.07) is 16.2. The number of benzene rings is 2. The third-order valence-corrected chi connectivity index (χ3v) is 5.51. The van der Waals surface area contributed by atoms with Crippen LogP contribution in [0.25, 0.3) is 10.8 Å². The normalized spacial score (nSPS) is 22.4. The molecule has 106 valence electrons. The molecule has 1 aliphatic carbocycles. The number of fused-ring (bicyclic) bond motifs is 1. The van der Waals surface area contributed by atoms with Gasteiger partial charge in [0.1, 0.15) is 0 Å². The third-order valence-electron chi connectivity index (χ3n) is 4.12. The molecule has 2 heteroatoms. The Labute approximate surface area is 126 Å². The molecule has 1 fully saturated rings. The molecular weight excluding hydrogens is 262 g/mol. The average Bonchev–Trinajstić information content (AvgIpc) is 2.92. The molecule has 0 aromatic heterocycles. The summed E-state index contributed by atoms with van der Waals surface area (Å²) >= 11 is 2.06. The average molecular weight is 285 g/mol. The number of rotatable bonds is 5. The first-order valence-corrected chi connectivity index (χ1v) is 8.63. The molecule has 2 aromatic rings. The predicted molar refractivity (Wildman–Crippen MR) is 89.5 cm³/mol. The highest BCUT2D eigenvalue weighted by Crippen LogP contribution is 2.36. The van der Waals surface area contributed by atoms with Crippen molar-refractivity contribution in [3.05, 3.63) is 42.5 Å². The minimum absolute atomic E-state index is 0.700. The molecule has 0 radical (unpaired) electrons. The fourth-order valence-corrected chi connectivity index (χ4v) is 4.42. The van der Waals surface area contributed by atoms with Gasteiger partial charge in [-0.1, -0.05) is 43.7 Å². The summed E-state index contributed by atoms with van der Waals surface area (Å²) in [5.74, 6) is 0. The van der Waals surface area contributed by atoms with Gasteiger partial charge in [-0.3, -0.25) is 0 Å². The monoisotopic (exact) mass is 285 g/mol. The van der Waals surface area contributed by atoms with Crippen molar-refractivity contribution in [1.29, 1.82) is 0 Å². The maximum atomic E-state index is 3.72. The number of hydrogen-bond donors (Lipinski definition) is 1. The van der Waals surface area contributed by atoms with Crippen LogP contribution in [0.2, 0.25) is 0 Å². The molecule has 2 unspecified atom stereocenters. The first-order valence-electron chi connectivity index (χ1n) is 7.75. The Bertz CT molecular complexity index is 566. The van der Waals surface area contributed by atoms with Crippen molar-refractivity contribution in [2.45, 2.75) is 48.8 Å². The van der Waals surface area contributed by atoms with Crippen LogP contribution in [0.4, 0.5) is 0 Å². The molecule has 1 aliphatic rings. The lowest BCUT2D eigenvalue weighted by molar-refractivity contribution is 0.531. The summed E-state index contributed by atoms with van der Waals surface area (Å²) in [7, 11) is 0. The maximum absolute atomic E-state index is 3.72. The van der Waals surface area contributed by atoms with E-state index < -0.39 is 0 Å². The first-order chi connectivity index (χ1) is 9.86. The van der Waals surface area contributed by atoms with Crippen LogP contribution >= 0.6 is 11.8 Å². The lowest BCUT2D eigenvalue weighted by Gasteiger charge is -2.20. The largest absolute Gasteiger partial charge is 0.313 e. The Kier molecular flexibility index (Phi) is 4.64. The standard InChI is InChI=1S/C18H23NS/c1-2-12-19-17-8-5-9-18(17)20-16-11-10-14-6-3-4-7-15(14)13-16/h3-4,6-7,10-11,13,17-19H,2,5,8-9,12H2,1H3.